The summed E-state index contributed by atoms with van der Waals surface area (Å²) in [6.45, 7) is 0.343. The zero-order chi connectivity index (χ0) is 17.7. The van der Waals surface area contributed by atoms with Gasteiger partial charge in [-0.1, -0.05) is 6.07 Å². The molecule has 0 heterocycles. The van der Waals surface area contributed by atoms with Gasteiger partial charge in [-0.05, 0) is 30.3 Å². The van der Waals surface area contributed by atoms with E-state index in [9.17, 15) is 18.0 Å². The summed E-state index contributed by atoms with van der Waals surface area (Å²) in [6.07, 6.45) is 0. The fourth-order valence-electron chi connectivity index (χ4n) is 2.31. The molecule has 128 valence electrons. The van der Waals surface area contributed by atoms with Crippen LogP contribution in [0.1, 0.15) is 5.56 Å². The SMILES string of the molecule is COc1ccc(C[NH+](C)CC(=O)Nc2c(F)cccc2F)cc1F. The quantitative estimate of drug-likeness (QED) is 0.842. The van der Waals surface area contributed by atoms with Crippen LogP contribution in [0.5, 0.6) is 5.75 Å². The molecule has 2 aromatic carbocycles. The average Bonchev–Trinajstić information content (AvgIpc) is 2.51. The monoisotopic (exact) mass is 339 g/mol. The zero-order valence-electron chi connectivity index (χ0n) is 13.3. The van der Waals surface area contributed by atoms with Gasteiger partial charge in [0, 0.05) is 5.56 Å². The fourth-order valence-corrected chi connectivity index (χ4v) is 2.31. The standard InChI is InChI=1S/C17H17F3N2O2/c1-22(9-11-6-7-15(24-2)14(20)8-11)10-16(23)21-17-12(18)4-3-5-13(17)19/h3-8H,9-10H2,1-2H3,(H,21,23)/p+1. The Balaban J connectivity index is 1.95. The lowest BCUT2D eigenvalue weighted by molar-refractivity contribution is -0.885. The first-order valence-electron chi connectivity index (χ1n) is 7.28. The number of carbonyl (C=O) groups excluding carboxylic acids is 1. The molecule has 0 fully saturated rings. The minimum atomic E-state index is -0.835. The maximum Gasteiger partial charge on any atom is 0.279 e. The zero-order valence-corrected chi connectivity index (χ0v) is 13.3. The van der Waals surface area contributed by atoms with Gasteiger partial charge in [0.25, 0.3) is 5.91 Å². The van der Waals surface area contributed by atoms with Crippen LogP contribution in [-0.4, -0.2) is 26.6 Å². The molecule has 0 radical (unpaired) electrons. The molecule has 0 saturated carbocycles. The van der Waals surface area contributed by atoms with Gasteiger partial charge in [-0.15, -0.1) is 0 Å². The number of benzene rings is 2. The third kappa shape index (κ3) is 4.48. The molecule has 2 rings (SSSR count). The molecular weight excluding hydrogens is 321 g/mol. The molecule has 0 aliphatic rings. The number of methoxy groups -OCH3 is 1. The summed E-state index contributed by atoms with van der Waals surface area (Å²) in [5, 5.41) is 2.22. The van der Waals surface area contributed by atoms with Crippen molar-refractivity contribution < 1.29 is 27.6 Å². The number of quaternary nitrogens is 1. The number of amides is 1. The molecule has 2 N–H and O–H groups in total. The van der Waals surface area contributed by atoms with Gasteiger partial charge in [-0.3, -0.25) is 4.79 Å². The van der Waals surface area contributed by atoms with Gasteiger partial charge in [0.2, 0.25) is 0 Å². The second-order valence-electron chi connectivity index (χ2n) is 5.42. The summed E-state index contributed by atoms with van der Waals surface area (Å²) >= 11 is 0. The molecule has 0 aromatic heterocycles. The van der Waals surface area contributed by atoms with Gasteiger partial charge in [-0.2, -0.15) is 0 Å². The van der Waals surface area contributed by atoms with E-state index in [2.05, 4.69) is 5.32 Å². The topological polar surface area (TPSA) is 42.8 Å². The van der Waals surface area contributed by atoms with Crippen LogP contribution in [0.3, 0.4) is 0 Å². The molecule has 4 nitrogen and oxygen atoms in total. The van der Waals surface area contributed by atoms with E-state index in [4.69, 9.17) is 4.74 Å². The summed E-state index contributed by atoms with van der Waals surface area (Å²) in [7, 11) is 3.10. The van der Waals surface area contributed by atoms with E-state index in [1.807, 2.05) is 0 Å². The van der Waals surface area contributed by atoms with Gasteiger partial charge in [-0.25, -0.2) is 13.2 Å². The first-order chi connectivity index (χ1) is 11.4. The van der Waals surface area contributed by atoms with Crippen molar-refractivity contribution in [3.8, 4) is 5.75 Å². The lowest BCUT2D eigenvalue weighted by atomic mass is 10.2. The Morgan fingerprint density at radius 1 is 1.12 bits per heavy atom. The van der Waals surface area contributed by atoms with Crippen LogP contribution in [-0.2, 0) is 11.3 Å². The molecule has 0 bridgehead atoms. The molecule has 0 saturated heterocycles. The summed E-state index contributed by atoms with van der Waals surface area (Å²) in [6, 6.07) is 7.88. The Kier molecular flexibility index (Phi) is 5.81. The van der Waals surface area contributed by atoms with Gasteiger partial charge in [0.15, 0.2) is 18.1 Å². The van der Waals surface area contributed by atoms with Crippen molar-refractivity contribution in [2.45, 2.75) is 6.54 Å². The van der Waals surface area contributed by atoms with Crippen LogP contribution >= 0.6 is 0 Å². The van der Waals surface area contributed by atoms with Crippen LogP contribution in [0, 0.1) is 17.5 Å². The van der Waals surface area contributed by atoms with E-state index in [1.165, 1.54) is 25.3 Å². The Morgan fingerprint density at radius 2 is 1.79 bits per heavy atom. The fraction of sp³-hybridized carbons (Fsp3) is 0.235. The van der Waals surface area contributed by atoms with E-state index < -0.39 is 29.0 Å². The summed E-state index contributed by atoms with van der Waals surface area (Å²) in [5.41, 5.74) is 0.210. The number of halogens is 3. The molecule has 1 unspecified atom stereocenters. The molecule has 0 aliphatic carbocycles. The maximum absolute atomic E-state index is 13.6. The second kappa shape index (κ2) is 7.83. The molecule has 2 aromatic rings. The summed E-state index contributed by atoms with van der Waals surface area (Å²) in [4.78, 5) is 12.7. The highest BCUT2D eigenvalue weighted by Crippen LogP contribution is 2.18. The molecule has 24 heavy (non-hydrogen) atoms. The lowest BCUT2D eigenvalue weighted by Gasteiger charge is -2.15. The average molecular weight is 339 g/mol. The van der Waals surface area contributed by atoms with Crippen molar-refractivity contribution in [1.82, 2.24) is 0 Å². The first kappa shape index (κ1) is 17.8. The van der Waals surface area contributed by atoms with Crippen molar-refractivity contribution in [1.29, 1.82) is 0 Å². The summed E-state index contributed by atoms with van der Waals surface area (Å²) < 4.78 is 45.5. The molecule has 1 atom stereocenters. The van der Waals surface area contributed by atoms with E-state index in [1.54, 1.807) is 13.1 Å². The Labute approximate surface area is 137 Å². The molecule has 7 heteroatoms. The molecule has 0 aliphatic heterocycles. The van der Waals surface area contributed by atoms with Crippen LogP contribution in [0.4, 0.5) is 18.9 Å². The lowest BCUT2D eigenvalue weighted by Crippen LogP contribution is -3.08. The first-order valence-corrected chi connectivity index (χ1v) is 7.28. The highest BCUT2D eigenvalue weighted by Gasteiger charge is 2.16. The number of ether oxygens (including phenoxy) is 1. The molecule has 1 amide bonds. The minimum Gasteiger partial charge on any atom is -0.494 e. The Hall–Kier alpha value is -2.54. The summed E-state index contributed by atoms with van der Waals surface area (Å²) in [5.74, 6) is -2.55. The normalized spacial score (nSPS) is 11.9. The van der Waals surface area contributed by atoms with Gasteiger partial charge in [0.05, 0.1) is 14.2 Å². The van der Waals surface area contributed by atoms with E-state index in [0.717, 1.165) is 17.0 Å². The number of nitrogens with one attached hydrogen (secondary N) is 2. The Morgan fingerprint density at radius 3 is 2.38 bits per heavy atom. The number of hydrogen-bond acceptors (Lipinski definition) is 2. The van der Waals surface area contributed by atoms with Crippen LogP contribution < -0.4 is 15.0 Å². The number of anilines is 1. The third-order valence-corrected chi connectivity index (χ3v) is 3.41. The third-order valence-electron chi connectivity index (χ3n) is 3.41. The van der Waals surface area contributed by atoms with Crippen LogP contribution in [0.15, 0.2) is 36.4 Å². The van der Waals surface area contributed by atoms with Gasteiger partial charge >= 0.3 is 0 Å². The minimum absolute atomic E-state index is 0.0264. The number of para-hydroxylation sites is 1. The second-order valence-corrected chi connectivity index (χ2v) is 5.42. The predicted octanol–water partition coefficient (Wildman–Crippen LogP) is 1.77. The highest BCUT2D eigenvalue weighted by molar-refractivity contribution is 5.91. The maximum atomic E-state index is 13.6. The predicted molar refractivity (Wildman–Crippen MR) is 83.4 cm³/mol. The van der Waals surface area contributed by atoms with Crippen molar-refractivity contribution in [2.24, 2.45) is 0 Å². The Bertz CT molecular complexity index is 718. The van der Waals surface area contributed by atoms with Crippen molar-refractivity contribution in [3.05, 3.63) is 59.4 Å². The highest BCUT2D eigenvalue weighted by atomic mass is 19.1. The van der Waals surface area contributed by atoms with Crippen LogP contribution in [0.25, 0.3) is 0 Å². The van der Waals surface area contributed by atoms with Crippen molar-refractivity contribution in [3.63, 3.8) is 0 Å². The van der Waals surface area contributed by atoms with E-state index in [-0.39, 0.29) is 12.3 Å². The van der Waals surface area contributed by atoms with Crippen molar-refractivity contribution >= 4 is 11.6 Å². The van der Waals surface area contributed by atoms with Crippen LogP contribution in [0.2, 0.25) is 0 Å². The van der Waals surface area contributed by atoms with Gasteiger partial charge in [0.1, 0.15) is 23.9 Å². The smallest absolute Gasteiger partial charge is 0.279 e. The van der Waals surface area contributed by atoms with E-state index >= 15 is 0 Å². The molecular formula is C17H18F3N2O2+. The number of likely N-dealkylation sites (N-methyl/N-ethyl adjacent to an activating group) is 1. The number of hydrogen-bond donors (Lipinski definition) is 2. The molecule has 0 spiro atoms. The van der Waals surface area contributed by atoms with Gasteiger partial charge < -0.3 is 15.0 Å². The number of carbonyl (C=O) groups is 1. The van der Waals surface area contributed by atoms with Crippen molar-refractivity contribution in [2.75, 3.05) is 26.0 Å². The van der Waals surface area contributed by atoms with E-state index in [0.29, 0.717) is 12.1 Å². The number of rotatable bonds is 6. The largest absolute Gasteiger partial charge is 0.494 e.